The zero-order valence-electron chi connectivity index (χ0n) is 6.79. The van der Waals surface area contributed by atoms with Crippen LogP contribution in [0, 0.1) is 0 Å². The van der Waals surface area contributed by atoms with Gasteiger partial charge in [-0.1, -0.05) is 0 Å². The molecule has 0 aromatic carbocycles. The third-order valence-corrected chi connectivity index (χ3v) is 1.33. The van der Waals surface area contributed by atoms with Gasteiger partial charge in [0.2, 0.25) is 0 Å². The number of nitrogens with one attached hydrogen (secondary N) is 1. The van der Waals surface area contributed by atoms with E-state index in [2.05, 4.69) is 10.3 Å². The molecule has 0 unspecified atom stereocenters. The van der Waals surface area contributed by atoms with Crippen molar-refractivity contribution in [1.29, 1.82) is 0 Å². The first-order valence-electron chi connectivity index (χ1n) is 3.61. The monoisotopic (exact) mass is 152 g/mol. The molecule has 0 aliphatic heterocycles. The molecule has 0 aliphatic rings. The summed E-state index contributed by atoms with van der Waals surface area (Å²) in [4.78, 5) is 4.10. The van der Waals surface area contributed by atoms with Crippen LogP contribution in [0.25, 0.3) is 0 Å². The maximum atomic E-state index is 5.07. The van der Waals surface area contributed by atoms with Crippen LogP contribution in [-0.4, -0.2) is 18.6 Å². The van der Waals surface area contributed by atoms with E-state index in [-0.39, 0.29) is 0 Å². The van der Waals surface area contributed by atoms with Crippen molar-refractivity contribution in [3.63, 3.8) is 0 Å². The first-order valence-corrected chi connectivity index (χ1v) is 3.61. The maximum Gasteiger partial charge on any atom is 0.168 e. The molecule has 0 atom stereocenters. The third-order valence-electron chi connectivity index (χ3n) is 1.33. The molecule has 0 fully saturated rings. The number of nitrogens with zero attached hydrogens (tertiary/aromatic N) is 1. The molecular formula is C8H12N2O. The molecule has 0 aliphatic carbocycles. The molecule has 1 N–H and O–H groups in total. The summed E-state index contributed by atoms with van der Waals surface area (Å²) in [5.74, 6) is 1.59. The normalized spacial score (nSPS) is 9.27. The molecule has 1 heterocycles. The summed E-state index contributed by atoms with van der Waals surface area (Å²) in [6.07, 6.45) is 1.74. The summed E-state index contributed by atoms with van der Waals surface area (Å²) in [5.41, 5.74) is 0. The fourth-order valence-electron chi connectivity index (χ4n) is 0.855. The van der Waals surface area contributed by atoms with E-state index < -0.39 is 0 Å². The van der Waals surface area contributed by atoms with Crippen molar-refractivity contribution in [3.05, 3.63) is 18.3 Å². The van der Waals surface area contributed by atoms with E-state index in [0.717, 1.165) is 18.1 Å². The number of ether oxygens (including phenoxy) is 1. The Labute approximate surface area is 66.4 Å². The zero-order chi connectivity index (χ0) is 8.10. The van der Waals surface area contributed by atoms with Crippen molar-refractivity contribution >= 4 is 5.82 Å². The van der Waals surface area contributed by atoms with Gasteiger partial charge in [-0.25, -0.2) is 4.98 Å². The Kier molecular flexibility index (Phi) is 2.72. The van der Waals surface area contributed by atoms with E-state index in [1.807, 2.05) is 19.1 Å². The number of hydrogen-bond acceptors (Lipinski definition) is 3. The van der Waals surface area contributed by atoms with E-state index in [1.54, 1.807) is 13.3 Å². The Hall–Kier alpha value is -1.25. The largest absolute Gasteiger partial charge is 0.493 e. The number of pyridine rings is 1. The Bertz CT molecular complexity index is 225. The first kappa shape index (κ1) is 7.85. The zero-order valence-corrected chi connectivity index (χ0v) is 6.79. The quantitative estimate of drug-likeness (QED) is 0.713. The molecule has 0 radical (unpaired) electrons. The van der Waals surface area contributed by atoms with Crippen molar-refractivity contribution < 1.29 is 4.74 Å². The van der Waals surface area contributed by atoms with Crippen LogP contribution >= 0.6 is 0 Å². The van der Waals surface area contributed by atoms with Gasteiger partial charge in [0.15, 0.2) is 11.6 Å². The number of hydrogen-bond donors (Lipinski definition) is 1. The van der Waals surface area contributed by atoms with Gasteiger partial charge in [-0.2, -0.15) is 0 Å². The van der Waals surface area contributed by atoms with Crippen molar-refractivity contribution in [2.24, 2.45) is 0 Å². The topological polar surface area (TPSA) is 34.2 Å². The number of methoxy groups -OCH3 is 1. The van der Waals surface area contributed by atoms with Gasteiger partial charge >= 0.3 is 0 Å². The van der Waals surface area contributed by atoms with Gasteiger partial charge in [-0.3, -0.25) is 0 Å². The summed E-state index contributed by atoms with van der Waals surface area (Å²) < 4.78 is 5.07. The predicted octanol–water partition coefficient (Wildman–Crippen LogP) is 1.52. The Morgan fingerprint density at radius 1 is 1.64 bits per heavy atom. The Morgan fingerprint density at radius 2 is 2.45 bits per heavy atom. The highest BCUT2D eigenvalue weighted by Crippen LogP contribution is 2.18. The van der Waals surface area contributed by atoms with Gasteiger partial charge < -0.3 is 10.1 Å². The molecular weight excluding hydrogens is 140 g/mol. The summed E-state index contributed by atoms with van der Waals surface area (Å²) in [7, 11) is 1.64. The fourth-order valence-corrected chi connectivity index (χ4v) is 0.855. The maximum absolute atomic E-state index is 5.07. The van der Waals surface area contributed by atoms with E-state index in [4.69, 9.17) is 4.74 Å². The van der Waals surface area contributed by atoms with Crippen molar-refractivity contribution in [2.75, 3.05) is 19.0 Å². The second-order valence-corrected chi connectivity index (χ2v) is 2.08. The lowest BCUT2D eigenvalue weighted by molar-refractivity contribution is 0.415. The number of rotatable bonds is 3. The lowest BCUT2D eigenvalue weighted by atomic mass is 10.4. The van der Waals surface area contributed by atoms with Gasteiger partial charge in [0, 0.05) is 12.7 Å². The van der Waals surface area contributed by atoms with Crippen LogP contribution in [-0.2, 0) is 0 Å². The second kappa shape index (κ2) is 3.81. The van der Waals surface area contributed by atoms with Gasteiger partial charge in [-0.05, 0) is 19.1 Å². The van der Waals surface area contributed by atoms with Crippen LogP contribution in [0.4, 0.5) is 5.82 Å². The molecule has 11 heavy (non-hydrogen) atoms. The van der Waals surface area contributed by atoms with Crippen LogP contribution < -0.4 is 10.1 Å². The fraction of sp³-hybridized carbons (Fsp3) is 0.375. The van der Waals surface area contributed by atoms with E-state index in [9.17, 15) is 0 Å². The molecule has 1 rings (SSSR count). The minimum atomic E-state index is 0.786. The molecule has 3 nitrogen and oxygen atoms in total. The highest BCUT2D eigenvalue weighted by Gasteiger charge is 1.98. The number of anilines is 1. The molecule has 0 saturated heterocycles. The average molecular weight is 152 g/mol. The third kappa shape index (κ3) is 1.83. The summed E-state index contributed by atoms with van der Waals surface area (Å²) in [6.45, 7) is 2.88. The van der Waals surface area contributed by atoms with E-state index >= 15 is 0 Å². The standard InChI is InChI=1S/C8H12N2O/c1-3-9-8-7(11-2)5-4-6-10-8/h4-6H,3H2,1-2H3,(H,9,10). The Morgan fingerprint density at radius 3 is 3.09 bits per heavy atom. The average Bonchev–Trinajstić information content (AvgIpc) is 2.06. The first-order chi connectivity index (χ1) is 5.38. The smallest absolute Gasteiger partial charge is 0.168 e. The van der Waals surface area contributed by atoms with Gasteiger partial charge in [0.25, 0.3) is 0 Å². The SMILES string of the molecule is CCNc1ncccc1OC. The van der Waals surface area contributed by atoms with Gasteiger partial charge in [-0.15, -0.1) is 0 Å². The van der Waals surface area contributed by atoms with Crippen LogP contribution in [0.2, 0.25) is 0 Å². The van der Waals surface area contributed by atoms with Gasteiger partial charge in [0.1, 0.15) is 0 Å². The minimum absolute atomic E-state index is 0.786. The Balaban J connectivity index is 2.83. The lowest BCUT2D eigenvalue weighted by Gasteiger charge is -2.06. The number of aromatic nitrogens is 1. The molecule has 60 valence electrons. The van der Waals surface area contributed by atoms with E-state index in [0.29, 0.717) is 0 Å². The van der Waals surface area contributed by atoms with Crippen molar-refractivity contribution in [2.45, 2.75) is 6.92 Å². The highest BCUT2D eigenvalue weighted by molar-refractivity contribution is 5.49. The molecule has 0 saturated carbocycles. The lowest BCUT2D eigenvalue weighted by Crippen LogP contribution is -2.00. The summed E-state index contributed by atoms with van der Waals surface area (Å²) in [6, 6.07) is 3.73. The molecule has 1 aromatic rings. The second-order valence-electron chi connectivity index (χ2n) is 2.08. The molecule has 0 bridgehead atoms. The molecule has 0 amide bonds. The molecule has 1 aromatic heterocycles. The van der Waals surface area contributed by atoms with Crippen molar-refractivity contribution in [1.82, 2.24) is 4.98 Å². The van der Waals surface area contributed by atoms with E-state index in [1.165, 1.54) is 0 Å². The highest BCUT2D eigenvalue weighted by atomic mass is 16.5. The summed E-state index contributed by atoms with van der Waals surface area (Å²) >= 11 is 0. The van der Waals surface area contributed by atoms with Crippen LogP contribution in [0.3, 0.4) is 0 Å². The van der Waals surface area contributed by atoms with Crippen LogP contribution in [0.5, 0.6) is 5.75 Å². The van der Waals surface area contributed by atoms with Gasteiger partial charge in [0.05, 0.1) is 7.11 Å². The van der Waals surface area contributed by atoms with Crippen molar-refractivity contribution in [3.8, 4) is 5.75 Å². The molecule has 0 spiro atoms. The molecule has 3 heteroatoms. The predicted molar refractivity (Wildman–Crippen MR) is 45.0 cm³/mol. The minimum Gasteiger partial charge on any atom is -0.493 e. The van der Waals surface area contributed by atoms with Crippen LogP contribution in [0.1, 0.15) is 6.92 Å². The van der Waals surface area contributed by atoms with Crippen LogP contribution in [0.15, 0.2) is 18.3 Å². The summed E-state index contributed by atoms with van der Waals surface area (Å²) in [5, 5.41) is 3.09.